The predicted molar refractivity (Wildman–Crippen MR) is 73.5 cm³/mol. The van der Waals surface area contributed by atoms with E-state index in [9.17, 15) is 9.59 Å². The van der Waals surface area contributed by atoms with E-state index in [1.807, 2.05) is 0 Å². The lowest BCUT2D eigenvalue weighted by atomic mass is 10.1. The van der Waals surface area contributed by atoms with E-state index in [1.54, 1.807) is 24.3 Å². The van der Waals surface area contributed by atoms with Gasteiger partial charge in [-0.25, -0.2) is 9.59 Å². The Hall–Kier alpha value is -1.95. The minimum absolute atomic E-state index is 0.0320. The fourth-order valence-corrected chi connectivity index (χ4v) is 1.69. The van der Waals surface area contributed by atoms with Crippen molar-refractivity contribution in [3.8, 4) is 0 Å². The lowest BCUT2D eigenvalue weighted by Crippen LogP contribution is -2.42. The van der Waals surface area contributed by atoms with E-state index in [1.165, 1.54) is 6.08 Å². The summed E-state index contributed by atoms with van der Waals surface area (Å²) in [5, 5.41) is 11.4. The normalized spacial score (nSPS) is 11.4. The zero-order chi connectivity index (χ0) is 14.3. The number of carboxylic acids is 1. The van der Waals surface area contributed by atoms with Gasteiger partial charge in [-0.05, 0) is 17.7 Å². The van der Waals surface area contributed by atoms with Gasteiger partial charge < -0.3 is 15.2 Å². The summed E-state index contributed by atoms with van der Waals surface area (Å²) in [5.41, 5.74) is 0.768. The number of rotatable bonds is 6. The van der Waals surface area contributed by atoms with E-state index in [2.05, 4.69) is 29.3 Å². The van der Waals surface area contributed by atoms with Crippen LogP contribution in [0.3, 0.4) is 0 Å². The summed E-state index contributed by atoms with van der Waals surface area (Å²) in [6.45, 7) is 3.43. The molecule has 0 aromatic heterocycles. The molecule has 0 saturated heterocycles. The topological polar surface area (TPSA) is 75.6 Å². The van der Waals surface area contributed by atoms with Crippen LogP contribution in [0.15, 0.2) is 41.8 Å². The fraction of sp³-hybridized carbons (Fsp3) is 0.231. The van der Waals surface area contributed by atoms with E-state index >= 15 is 0 Å². The highest BCUT2D eigenvalue weighted by Crippen LogP contribution is 2.11. The Kier molecular flexibility index (Phi) is 5.95. The molecule has 6 heteroatoms. The van der Waals surface area contributed by atoms with E-state index in [4.69, 9.17) is 5.11 Å². The van der Waals surface area contributed by atoms with Crippen LogP contribution in [0, 0.1) is 0 Å². The molecule has 0 heterocycles. The second-order valence-electron chi connectivity index (χ2n) is 3.80. The number of alkyl carbamates (subject to hydrolysis) is 1. The van der Waals surface area contributed by atoms with Crippen molar-refractivity contribution < 1.29 is 19.4 Å². The minimum atomic E-state index is -1.12. The predicted octanol–water partition coefficient (Wildman–Crippen LogP) is 1.88. The van der Waals surface area contributed by atoms with E-state index in [-0.39, 0.29) is 13.0 Å². The van der Waals surface area contributed by atoms with Crippen LogP contribution in [-0.4, -0.2) is 29.8 Å². The Morgan fingerprint density at radius 2 is 2.26 bits per heavy atom. The van der Waals surface area contributed by atoms with Gasteiger partial charge in [0.2, 0.25) is 0 Å². The third-order valence-electron chi connectivity index (χ3n) is 2.27. The number of carbonyl (C=O) groups is 2. The van der Waals surface area contributed by atoms with Gasteiger partial charge in [-0.2, -0.15) is 0 Å². The van der Waals surface area contributed by atoms with Gasteiger partial charge >= 0.3 is 12.1 Å². The Morgan fingerprint density at radius 3 is 2.84 bits per heavy atom. The first-order valence-electron chi connectivity index (χ1n) is 5.58. The van der Waals surface area contributed by atoms with Crippen molar-refractivity contribution in [2.24, 2.45) is 0 Å². The number of carbonyl (C=O) groups excluding carboxylic acids is 1. The molecule has 1 unspecified atom stereocenters. The third-order valence-corrected chi connectivity index (χ3v) is 2.55. The van der Waals surface area contributed by atoms with Crippen LogP contribution in [0.25, 0.3) is 0 Å². The SMILES string of the molecule is C=CCOC(=O)NC(Cc1cccc(S)c1)C(=O)O. The van der Waals surface area contributed by atoms with Crippen LogP contribution < -0.4 is 5.32 Å². The van der Waals surface area contributed by atoms with Gasteiger partial charge in [-0.1, -0.05) is 24.8 Å². The van der Waals surface area contributed by atoms with Crippen molar-refractivity contribution in [3.63, 3.8) is 0 Å². The summed E-state index contributed by atoms with van der Waals surface area (Å²) >= 11 is 4.17. The lowest BCUT2D eigenvalue weighted by molar-refractivity contribution is -0.139. The van der Waals surface area contributed by atoms with Gasteiger partial charge in [-0.15, -0.1) is 12.6 Å². The molecule has 1 rings (SSSR count). The summed E-state index contributed by atoms with van der Waals surface area (Å²) in [6, 6.07) is 6.02. The maximum Gasteiger partial charge on any atom is 0.408 e. The van der Waals surface area contributed by atoms with Crippen LogP contribution in [0.4, 0.5) is 4.79 Å². The highest BCUT2D eigenvalue weighted by atomic mass is 32.1. The molecule has 0 fully saturated rings. The molecular weight excluding hydrogens is 266 g/mol. The zero-order valence-corrected chi connectivity index (χ0v) is 11.1. The first-order chi connectivity index (χ1) is 9.02. The largest absolute Gasteiger partial charge is 0.480 e. The average molecular weight is 281 g/mol. The van der Waals surface area contributed by atoms with Crippen LogP contribution in [0.5, 0.6) is 0 Å². The van der Waals surface area contributed by atoms with Crippen molar-refractivity contribution >= 4 is 24.7 Å². The maximum atomic E-state index is 11.3. The Morgan fingerprint density at radius 1 is 1.53 bits per heavy atom. The molecule has 19 heavy (non-hydrogen) atoms. The molecule has 0 radical (unpaired) electrons. The molecule has 0 aliphatic heterocycles. The molecule has 1 aromatic carbocycles. The monoisotopic (exact) mass is 281 g/mol. The molecule has 1 atom stereocenters. The highest BCUT2D eigenvalue weighted by molar-refractivity contribution is 7.80. The molecule has 0 spiro atoms. The fourth-order valence-electron chi connectivity index (χ4n) is 1.44. The van der Waals surface area contributed by atoms with Gasteiger partial charge in [0.1, 0.15) is 12.6 Å². The summed E-state index contributed by atoms with van der Waals surface area (Å²) in [5.74, 6) is -1.12. The Bertz CT molecular complexity index is 475. The molecular formula is C13H15NO4S. The molecule has 0 bridgehead atoms. The minimum Gasteiger partial charge on any atom is -0.480 e. The third kappa shape index (κ3) is 5.48. The zero-order valence-electron chi connectivity index (χ0n) is 10.2. The Balaban J connectivity index is 2.65. The smallest absolute Gasteiger partial charge is 0.408 e. The maximum absolute atomic E-state index is 11.3. The first kappa shape index (κ1) is 15.1. The van der Waals surface area contributed by atoms with Crippen molar-refractivity contribution in [1.82, 2.24) is 5.32 Å². The van der Waals surface area contributed by atoms with Gasteiger partial charge in [0.05, 0.1) is 0 Å². The molecule has 1 aromatic rings. The number of aliphatic carboxylic acids is 1. The van der Waals surface area contributed by atoms with Crippen LogP contribution in [0.2, 0.25) is 0 Å². The molecule has 0 saturated carbocycles. The number of ether oxygens (including phenoxy) is 1. The highest BCUT2D eigenvalue weighted by Gasteiger charge is 2.20. The average Bonchev–Trinajstić information content (AvgIpc) is 2.35. The molecule has 0 aliphatic carbocycles. The molecule has 2 N–H and O–H groups in total. The number of amides is 1. The molecule has 102 valence electrons. The summed E-state index contributed by atoms with van der Waals surface area (Å²) in [6.07, 6.45) is 0.779. The standard InChI is InChI=1S/C13H15NO4S/c1-2-6-18-13(17)14-11(12(15)16)8-9-4-3-5-10(19)7-9/h2-5,7,11,19H,1,6,8H2,(H,14,17)(H,15,16). The van der Waals surface area contributed by atoms with Gasteiger partial charge in [0.15, 0.2) is 0 Å². The van der Waals surface area contributed by atoms with Gasteiger partial charge in [0.25, 0.3) is 0 Å². The number of nitrogens with one attached hydrogen (secondary N) is 1. The summed E-state index contributed by atoms with van der Waals surface area (Å²) < 4.78 is 4.69. The number of hydrogen-bond donors (Lipinski definition) is 3. The van der Waals surface area contributed by atoms with E-state index in [0.29, 0.717) is 0 Å². The van der Waals surface area contributed by atoms with Crippen LogP contribution >= 0.6 is 12.6 Å². The van der Waals surface area contributed by atoms with Crippen LogP contribution in [-0.2, 0) is 16.0 Å². The number of benzene rings is 1. The van der Waals surface area contributed by atoms with Crippen molar-refractivity contribution in [1.29, 1.82) is 0 Å². The van der Waals surface area contributed by atoms with Gasteiger partial charge in [0, 0.05) is 11.3 Å². The van der Waals surface area contributed by atoms with Crippen molar-refractivity contribution in [2.45, 2.75) is 17.4 Å². The first-order valence-corrected chi connectivity index (χ1v) is 6.02. The quantitative estimate of drug-likeness (QED) is 0.550. The van der Waals surface area contributed by atoms with E-state index < -0.39 is 18.1 Å². The van der Waals surface area contributed by atoms with Crippen LogP contribution in [0.1, 0.15) is 5.56 Å². The van der Waals surface area contributed by atoms with E-state index in [0.717, 1.165) is 10.5 Å². The lowest BCUT2D eigenvalue weighted by Gasteiger charge is -2.14. The second-order valence-corrected chi connectivity index (χ2v) is 4.31. The summed E-state index contributed by atoms with van der Waals surface area (Å²) in [7, 11) is 0. The Labute approximate surface area is 116 Å². The molecule has 5 nitrogen and oxygen atoms in total. The number of thiol groups is 1. The van der Waals surface area contributed by atoms with Crippen molar-refractivity contribution in [3.05, 3.63) is 42.5 Å². The summed E-state index contributed by atoms with van der Waals surface area (Å²) in [4.78, 5) is 23.1. The van der Waals surface area contributed by atoms with Crippen molar-refractivity contribution in [2.75, 3.05) is 6.61 Å². The van der Waals surface area contributed by atoms with Gasteiger partial charge in [-0.3, -0.25) is 0 Å². The second kappa shape index (κ2) is 7.48. The molecule has 0 aliphatic rings. The number of hydrogen-bond acceptors (Lipinski definition) is 4. The molecule has 1 amide bonds. The number of carboxylic acid groups (broad SMARTS) is 1.